The average molecular weight is 349 g/mol. The van der Waals surface area contributed by atoms with Gasteiger partial charge in [-0.3, -0.25) is 9.59 Å². The van der Waals surface area contributed by atoms with Crippen LogP contribution < -0.4 is 10.2 Å². The Morgan fingerprint density at radius 1 is 1.55 bits per heavy atom. The van der Waals surface area contributed by atoms with Crippen molar-refractivity contribution in [3.8, 4) is 0 Å². The summed E-state index contributed by atoms with van der Waals surface area (Å²) in [6, 6.07) is -0.738. The molecule has 1 amide bonds. The summed E-state index contributed by atoms with van der Waals surface area (Å²) in [7, 11) is -2.32. The molecule has 124 valence electrons. The highest BCUT2D eigenvalue weighted by atomic mass is 32.2. The summed E-state index contributed by atoms with van der Waals surface area (Å²) in [6.07, 6.45) is 1.08. The molecule has 1 aromatic heterocycles. The minimum absolute atomic E-state index is 0.0194. The number of thiazole rings is 1. The van der Waals surface area contributed by atoms with Crippen molar-refractivity contribution in [1.82, 2.24) is 14.6 Å². The summed E-state index contributed by atoms with van der Waals surface area (Å²) in [4.78, 5) is 25.6. The van der Waals surface area contributed by atoms with Gasteiger partial charge in [0, 0.05) is 25.9 Å². The van der Waals surface area contributed by atoms with E-state index in [1.807, 2.05) is 0 Å². The highest BCUT2D eigenvalue weighted by Gasteiger charge is 2.40. The molecule has 2 N–H and O–H groups in total. The van der Waals surface area contributed by atoms with Crippen molar-refractivity contribution in [2.24, 2.45) is 0 Å². The second-order valence-electron chi connectivity index (χ2n) is 4.98. The highest BCUT2D eigenvalue weighted by molar-refractivity contribution is 7.91. The van der Waals surface area contributed by atoms with Crippen molar-refractivity contribution in [1.29, 1.82) is 0 Å². The molecule has 1 atom stereocenters. The Balaban J connectivity index is 2.21. The molecule has 0 saturated carbocycles. The molecule has 1 aliphatic heterocycles. The van der Waals surface area contributed by atoms with E-state index in [4.69, 9.17) is 4.74 Å². The molecule has 22 heavy (non-hydrogen) atoms. The minimum Gasteiger partial charge on any atom is -0.383 e. The topological polar surface area (TPSA) is 109 Å². The molecule has 0 aliphatic carbocycles. The van der Waals surface area contributed by atoms with E-state index in [0.29, 0.717) is 43.0 Å². The quantitative estimate of drug-likeness (QED) is 0.683. The smallest absolute Gasteiger partial charge is 0.305 e. The maximum atomic E-state index is 12.7. The summed E-state index contributed by atoms with van der Waals surface area (Å²) in [5, 5.41) is 2.66. The zero-order chi connectivity index (χ0) is 16.3. The van der Waals surface area contributed by atoms with Crippen molar-refractivity contribution in [2.75, 3.05) is 26.8 Å². The SMILES string of the molecule is COCCNC(=O)[C@@H]1CCCN1S(=O)(=O)c1sc(=O)[nH]c1C. The fourth-order valence-electron chi connectivity index (χ4n) is 2.43. The van der Waals surface area contributed by atoms with Gasteiger partial charge < -0.3 is 15.0 Å². The third-order valence-electron chi connectivity index (χ3n) is 3.44. The molecule has 0 aromatic carbocycles. The zero-order valence-electron chi connectivity index (χ0n) is 12.4. The van der Waals surface area contributed by atoms with Crippen LogP contribution >= 0.6 is 11.3 Å². The van der Waals surface area contributed by atoms with Crippen LogP contribution in [0.3, 0.4) is 0 Å². The number of nitrogens with one attached hydrogen (secondary N) is 2. The number of aryl methyl sites for hydroxylation is 1. The molecule has 2 heterocycles. The number of nitrogens with zero attached hydrogens (tertiary/aromatic N) is 1. The van der Waals surface area contributed by atoms with E-state index < -0.39 is 20.9 Å². The second-order valence-corrected chi connectivity index (χ2v) is 8.05. The average Bonchev–Trinajstić information content (AvgIpc) is 3.06. The number of aromatic amines is 1. The van der Waals surface area contributed by atoms with Crippen molar-refractivity contribution in [3.05, 3.63) is 15.4 Å². The molecule has 1 saturated heterocycles. The second kappa shape index (κ2) is 6.90. The number of carbonyl (C=O) groups is 1. The number of hydrogen-bond acceptors (Lipinski definition) is 6. The zero-order valence-corrected chi connectivity index (χ0v) is 14.1. The summed E-state index contributed by atoms with van der Waals surface area (Å²) < 4.78 is 31.4. The van der Waals surface area contributed by atoms with Gasteiger partial charge in [-0.1, -0.05) is 11.3 Å². The maximum absolute atomic E-state index is 12.7. The van der Waals surface area contributed by atoms with Gasteiger partial charge in [-0.2, -0.15) is 4.31 Å². The molecule has 2 rings (SSSR count). The van der Waals surface area contributed by atoms with Crippen LogP contribution in [0.4, 0.5) is 0 Å². The van der Waals surface area contributed by atoms with E-state index in [1.165, 1.54) is 18.3 Å². The monoisotopic (exact) mass is 349 g/mol. The molecule has 8 nitrogen and oxygen atoms in total. The third-order valence-corrected chi connectivity index (χ3v) is 6.93. The van der Waals surface area contributed by atoms with E-state index in [-0.39, 0.29) is 16.7 Å². The summed E-state index contributed by atoms with van der Waals surface area (Å²) in [6.45, 7) is 2.50. The first-order chi connectivity index (χ1) is 10.4. The van der Waals surface area contributed by atoms with Crippen LogP contribution in [0.2, 0.25) is 0 Å². The number of aromatic nitrogens is 1. The van der Waals surface area contributed by atoms with Gasteiger partial charge in [0.05, 0.1) is 6.61 Å². The molecule has 0 radical (unpaired) electrons. The first-order valence-electron chi connectivity index (χ1n) is 6.86. The number of methoxy groups -OCH3 is 1. The van der Waals surface area contributed by atoms with Crippen LogP contribution in [0.15, 0.2) is 9.00 Å². The van der Waals surface area contributed by atoms with Crippen molar-refractivity contribution in [2.45, 2.75) is 30.0 Å². The molecule has 1 aliphatic rings. The molecule has 1 fully saturated rings. The molecule has 0 spiro atoms. The van der Waals surface area contributed by atoms with Gasteiger partial charge in [0.1, 0.15) is 6.04 Å². The van der Waals surface area contributed by atoms with Gasteiger partial charge in [-0.15, -0.1) is 0 Å². The van der Waals surface area contributed by atoms with Gasteiger partial charge in [-0.25, -0.2) is 8.42 Å². The van der Waals surface area contributed by atoms with Crippen molar-refractivity contribution >= 4 is 27.3 Å². The van der Waals surface area contributed by atoms with Crippen LogP contribution in [0.1, 0.15) is 18.5 Å². The maximum Gasteiger partial charge on any atom is 0.305 e. The van der Waals surface area contributed by atoms with Crippen LogP contribution in [-0.2, 0) is 19.6 Å². The lowest BCUT2D eigenvalue weighted by molar-refractivity contribution is -0.124. The lowest BCUT2D eigenvalue weighted by Gasteiger charge is -2.22. The predicted octanol–water partition coefficient (Wildman–Crippen LogP) is -0.339. The molecule has 1 aromatic rings. The van der Waals surface area contributed by atoms with Gasteiger partial charge in [0.2, 0.25) is 5.91 Å². The number of rotatable bonds is 6. The lowest BCUT2D eigenvalue weighted by atomic mass is 10.2. The molecule has 10 heteroatoms. The Labute approximate surface area is 132 Å². The van der Waals surface area contributed by atoms with Crippen LogP contribution in [0.5, 0.6) is 0 Å². The number of carbonyl (C=O) groups excluding carboxylic acids is 1. The third kappa shape index (κ3) is 3.40. The van der Waals surface area contributed by atoms with E-state index in [1.54, 1.807) is 0 Å². The molecular weight excluding hydrogens is 330 g/mol. The minimum atomic E-state index is -3.84. The Kier molecular flexibility index (Phi) is 5.37. The lowest BCUT2D eigenvalue weighted by Crippen LogP contribution is -2.46. The fourth-order valence-corrected chi connectivity index (χ4v) is 5.50. The van der Waals surface area contributed by atoms with Gasteiger partial charge in [0.25, 0.3) is 10.0 Å². The predicted molar refractivity (Wildman–Crippen MR) is 81.5 cm³/mol. The highest BCUT2D eigenvalue weighted by Crippen LogP contribution is 2.28. The first-order valence-corrected chi connectivity index (χ1v) is 9.11. The Hall–Kier alpha value is -1.23. The van der Waals surface area contributed by atoms with Crippen LogP contribution in [0.25, 0.3) is 0 Å². The van der Waals surface area contributed by atoms with Gasteiger partial charge >= 0.3 is 4.87 Å². The number of ether oxygens (including phenoxy) is 1. The van der Waals surface area contributed by atoms with Crippen LogP contribution in [-0.4, -0.2) is 56.5 Å². The van der Waals surface area contributed by atoms with E-state index in [0.717, 1.165) is 0 Å². The Bertz CT molecular complexity index is 694. The van der Waals surface area contributed by atoms with E-state index in [9.17, 15) is 18.0 Å². The van der Waals surface area contributed by atoms with E-state index in [2.05, 4.69) is 10.3 Å². The molecule has 0 bridgehead atoms. The van der Waals surface area contributed by atoms with Crippen molar-refractivity contribution in [3.63, 3.8) is 0 Å². The summed E-state index contributed by atoms with van der Waals surface area (Å²) in [5.74, 6) is -0.335. The number of amides is 1. The molecular formula is C12H19N3O5S2. The molecule has 0 unspecified atom stereocenters. The first kappa shape index (κ1) is 17.1. The summed E-state index contributed by atoms with van der Waals surface area (Å²) >= 11 is 0.651. The number of sulfonamides is 1. The standard InChI is InChI=1S/C12H19N3O5S2/c1-8-11(21-12(17)14-8)22(18,19)15-6-3-4-9(15)10(16)13-5-7-20-2/h9H,3-7H2,1-2H3,(H,13,16)(H,14,17)/t9-/m0/s1. The largest absolute Gasteiger partial charge is 0.383 e. The fraction of sp³-hybridized carbons (Fsp3) is 0.667. The number of hydrogen-bond donors (Lipinski definition) is 2. The van der Waals surface area contributed by atoms with E-state index >= 15 is 0 Å². The van der Waals surface area contributed by atoms with Crippen LogP contribution in [0, 0.1) is 6.92 Å². The normalized spacial score (nSPS) is 19.5. The van der Waals surface area contributed by atoms with Crippen molar-refractivity contribution < 1.29 is 17.9 Å². The Morgan fingerprint density at radius 3 is 2.86 bits per heavy atom. The summed E-state index contributed by atoms with van der Waals surface area (Å²) in [5.41, 5.74) is 0.306. The van der Waals surface area contributed by atoms with Gasteiger partial charge in [0.15, 0.2) is 4.21 Å². The number of H-pyrrole nitrogens is 1. The Morgan fingerprint density at radius 2 is 2.27 bits per heavy atom. The van der Waals surface area contributed by atoms with Gasteiger partial charge in [-0.05, 0) is 19.8 Å².